The lowest BCUT2D eigenvalue weighted by molar-refractivity contribution is 0.421. The Hall–Kier alpha value is -0.790. The van der Waals surface area contributed by atoms with E-state index in [0.29, 0.717) is 5.25 Å². The van der Waals surface area contributed by atoms with E-state index in [1.165, 1.54) is 12.3 Å². The number of nitrogens with one attached hydrogen (secondary N) is 1. The van der Waals surface area contributed by atoms with Crippen molar-refractivity contribution in [3.8, 4) is 0 Å². The van der Waals surface area contributed by atoms with E-state index in [0.717, 1.165) is 25.7 Å². The van der Waals surface area contributed by atoms with Crippen LogP contribution in [0.5, 0.6) is 0 Å². The SMILES string of the molecule is CSC1CCCC(NS(=O)(=O)c2cccnc2N)C1. The quantitative estimate of drug-likeness (QED) is 0.882. The fourth-order valence-electron chi connectivity index (χ4n) is 2.38. The van der Waals surface area contributed by atoms with Crippen LogP contribution in [0.3, 0.4) is 0 Å². The molecule has 1 aromatic heterocycles. The summed E-state index contributed by atoms with van der Waals surface area (Å²) >= 11 is 1.80. The molecule has 0 amide bonds. The largest absolute Gasteiger partial charge is 0.383 e. The molecule has 1 aliphatic carbocycles. The number of anilines is 1. The van der Waals surface area contributed by atoms with Crippen molar-refractivity contribution in [1.82, 2.24) is 9.71 Å². The molecule has 1 heterocycles. The van der Waals surface area contributed by atoms with Gasteiger partial charge in [0, 0.05) is 17.5 Å². The Morgan fingerprint density at radius 1 is 1.47 bits per heavy atom. The van der Waals surface area contributed by atoms with Crippen molar-refractivity contribution < 1.29 is 8.42 Å². The molecule has 0 spiro atoms. The minimum absolute atomic E-state index is 0.00388. The zero-order valence-electron chi connectivity index (χ0n) is 10.9. The van der Waals surface area contributed by atoms with Gasteiger partial charge >= 0.3 is 0 Å². The zero-order valence-corrected chi connectivity index (χ0v) is 12.5. The first-order valence-corrected chi connectivity index (χ1v) is 9.05. The van der Waals surface area contributed by atoms with Gasteiger partial charge in [0.2, 0.25) is 10.0 Å². The van der Waals surface area contributed by atoms with E-state index >= 15 is 0 Å². The van der Waals surface area contributed by atoms with Crippen molar-refractivity contribution in [3.05, 3.63) is 18.3 Å². The second kappa shape index (κ2) is 6.11. The first kappa shape index (κ1) is 14.6. The highest BCUT2D eigenvalue weighted by Crippen LogP contribution is 2.28. The predicted molar refractivity (Wildman–Crippen MR) is 78.5 cm³/mol. The van der Waals surface area contributed by atoms with Gasteiger partial charge in [-0.05, 0) is 37.7 Å². The Morgan fingerprint density at radius 2 is 2.26 bits per heavy atom. The smallest absolute Gasteiger partial charge is 0.244 e. The summed E-state index contributed by atoms with van der Waals surface area (Å²) in [5, 5.41) is 0.535. The lowest BCUT2D eigenvalue weighted by Gasteiger charge is -2.28. The molecule has 2 unspecified atom stereocenters. The molecule has 2 atom stereocenters. The molecule has 1 fully saturated rings. The van der Waals surface area contributed by atoms with Gasteiger partial charge in [0.25, 0.3) is 0 Å². The van der Waals surface area contributed by atoms with Crippen LogP contribution in [-0.2, 0) is 10.0 Å². The predicted octanol–water partition coefficient (Wildman–Crippen LogP) is 1.62. The second-order valence-electron chi connectivity index (χ2n) is 4.73. The highest BCUT2D eigenvalue weighted by Gasteiger charge is 2.27. The summed E-state index contributed by atoms with van der Waals surface area (Å²) in [6, 6.07) is 3.06. The second-order valence-corrected chi connectivity index (χ2v) is 7.55. The van der Waals surface area contributed by atoms with E-state index in [1.54, 1.807) is 17.8 Å². The molecular formula is C12H19N3O2S2. The van der Waals surface area contributed by atoms with E-state index in [1.807, 2.05) is 0 Å². The fraction of sp³-hybridized carbons (Fsp3) is 0.583. The molecule has 5 nitrogen and oxygen atoms in total. The monoisotopic (exact) mass is 301 g/mol. The fourth-order valence-corrected chi connectivity index (χ4v) is 4.57. The molecule has 0 saturated heterocycles. The number of sulfonamides is 1. The van der Waals surface area contributed by atoms with E-state index in [4.69, 9.17) is 5.73 Å². The third-order valence-electron chi connectivity index (χ3n) is 3.37. The molecule has 1 saturated carbocycles. The normalized spacial score (nSPS) is 24.3. The maximum atomic E-state index is 12.3. The number of aromatic nitrogens is 1. The van der Waals surface area contributed by atoms with Crippen LogP contribution in [0.15, 0.2) is 23.2 Å². The highest BCUT2D eigenvalue weighted by molar-refractivity contribution is 7.99. The van der Waals surface area contributed by atoms with E-state index < -0.39 is 10.0 Å². The maximum absolute atomic E-state index is 12.3. The summed E-state index contributed by atoms with van der Waals surface area (Å²) < 4.78 is 27.3. The Balaban J connectivity index is 2.11. The summed E-state index contributed by atoms with van der Waals surface area (Å²) in [6.45, 7) is 0. The van der Waals surface area contributed by atoms with Crippen LogP contribution in [-0.4, -0.2) is 30.9 Å². The molecule has 2 rings (SSSR count). The number of hydrogen-bond acceptors (Lipinski definition) is 5. The average Bonchev–Trinajstić information content (AvgIpc) is 2.38. The lowest BCUT2D eigenvalue weighted by atomic mass is 9.96. The Morgan fingerprint density at radius 3 is 2.95 bits per heavy atom. The summed E-state index contributed by atoms with van der Waals surface area (Å²) in [4.78, 5) is 3.89. The number of rotatable bonds is 4. The average molecular weight is 301 g/mol. The molecule has 106 valence electrons. The molecule has 3 N–H and O–H groups in total. The molecule has 0 radical (unpaired) electrons. The van der Waals surface area contributed by atoms with Crippen molar-refractivity contribution in [1.29, 1.82) is 0 Å². The summed E-state index contributed by atoms with van der Waals surface area (Å²) in [6.07, 6.45) is 7.53. The van der Waals surface area contributed by atoms with Gasteiger partial charge in [0.15, 0.2) is 0 Å². The number of thioether (sulfide) groups is 1. The molecule has 7 heteroatoms. The molecule has 1 aromatic rings. The van der Waals surface area contributed by atoms with Crippen molar-refractivity contribution >= 4 is 27.6 Å². The van der Waals surface area contributed by atoms with Crippen LogP contribution < -0.4 is 10.5 Å². The minimum Gasteiger partial charge on any atom is -0.383 e. The Kier molecular flexibility index (Phi) is 4.70. The van der Waals surface area contributed by atoms with Gasteiger partial charge in [-0.15, -0.1) is 0 Å². The van der Waals surface area contributed by atoms with Crippen LogP contribution in [0.4, 0.5) is 5.82 Å². The minimum atomic E-state index is -3.57. The number of nitrogens with two attached hydrogens (primary N) is 1. The number of pyridine rings is 1. The third-order valence-corrected chi connectivity index (χ3v) is 6.03. The van der Waals surface area contributed by atoms with Crippen LogP contribution in [0.25, 0.3) is 0 Å². The lowest BCUT2D eigenvalue weighted by Crippen LogP contribution is -2.39. The standard InChI is InChI=1S/C12H19N3O2S2/c1-18-10-5-2-4-9(8-10)15-19(16,17)11-6-3-7-14-12(11)13/h3,6-7,9-10,15H,2,4-5,8H2,1H3,(H2,13,14). The number of nitrogens with zero attached hydrogens (tertiary/aromatic N) is 1. The molecular weight excluding hydrogens is 282 g/mol. The molecule has 1 aliphatic rings. The third kappa shape index (κ3) is 3.61. The van der Waals surface area contributed by atoms with Crippen LogP contribution in [0.1, 0.15) is 25.7 Å². The molecule has 0 bridgehead atoms. The van der Waals surface area contributed by atoms with E-state index in [-0.39, 0.29) is 16.8 Å². The van der Waals surface area contributed by atoms with Gasteiger partial charge in [-0.1, -0.05) is 6.42 Å². The molecule has 19 heavy (non-hydrogen) atoms. The van der Waals surface area contributed by atoms with Gasteiger partial charge in [-0.2, -0.15) is 11.8 Å². The van der Waals surface area contributed by atoms with Crippen molar-refractivity contribution in [3.63, 3.8) is 0 Å². The summed E-state index contributed by atoms with van der Waals surface area (Å²) in [5.41, 5.74) is 5.63. The number of hydrogen-bond donors (Lipinski definition) is 2. The molecule has 0 aromatic carbocycles. The first-order chi connectivity index (χ1) is 9.03. The highest BCUT2D eigenvalue weighted by atomic mass is 32.2. The van der Waals surface area contributed by atoms with Gasteiger partial charge in [0.1, 0.15) is 10.7 Å². The summed E-state index contributed by atoms with van der Waals surface area (Å²) in [5.74, 6) is 0.0484. The topological polar surface area (TPSA) is 85.1 Å². The van der Waals surface area contributed by atoms with Gasteiger partial charge < -0.3 is 5.73 Å². The van der Waals surface area contributed by atoms with Gasteiger partial charge in [-0.25, -0.2) is 18.1 Å². The number of nitrogen functional groups attached to an aromatic ring is 1. The van der Waals surface area contributed by atoms with Gasteiger partial charge in [0.05, 0.1) is 0 Å². The first-order valence-electron chi connectivity index (χ1n) is 6.28. The Bertz CT molecular complexity index is 534. The van der Waals surface area contributed by atoms with E-state index in [2.05, 4.69) is 16.0 Å². The summed E-state index contributed by atoms with van der Waals surface area (Å²) in [7, 11) is -3.57. The van der Waals surface area contributed by atoms with Crippen molar-refractivity contribution in [2.75, 3.05) is 12.0 Å². The van der Waals surface area contributed by atoms with E-state index in [9.17, 15) is 8.42 Å². The van der Waals surface area contributed by atoms with Crippen LogP contribution in [0, 0.1) is 0 Å². The van der Waals surface area contributed by atoms with Crippen molar-refractivity contribution in [2.24, 2.45) is 0 Å². The molecule has 0 aliphatic heterocycles. The van der Waals surface area contributed by atoms with Crippen molar-refractivity contribution in [2.45, 2.75) is 41.9 Å². The maximum Gasteiger partial charge on any atom is 0.244 e. The van der Waals surface area contributed by atoms with Gasteiger partial charge in [-0.3, -0.25) is 0 Å². The van der Waals surface area contributed by atoms with Crippen LogP contribution >= 0.6 is 11.8 Å². The Labute approximate surface area is 118 Å². The zero-order chi connectivity index (χ0) is 13.9. The van der Waals surface area contributed by atoms with Crippen LogP contribution in [0.2, 0.25) is 0 Å².